The number of hydrogen-bond donors (Lipinski definition) is 1. The fourth-order valence-electron chi connectivity index (χ4n) is 1.57. The van der Waals surface area contributed by atoms with Gasteiger partial charge in [0.1, 0.15) is 0 Å². The first-order valence-electron chi connectivity index (χ1n) is 4.54. The SMILES string of the molecule is CC/C=C1/C(=O)Nc2cc(Cl)ccc21. The largest absolute Gasteiger partial charge is 0.321 e. The van der Waals surface area contributed by atoms with Crippen molar-refractivity contribution >= 4 is 28.8 Å². The Morgan fingerprint density at radius 3 is 3.00 bits per heavy atom. The number of nitrogens with one attached hydrogen (secondary N) is 1. The lowest BCUT2D eigenvalue weighted by Gasteiger charge is -1.97. The van der Waals surface area contributed by atoms with Crippen molar-refractivity contribution in [3.63, 3.8) is 0 Å². The van der Waals surface area contributed by atoms with Gasteiger partial charge < -0.3 is 5.32 Å². The molecule has 1 aromatic rings. The third-order valence-electron chi connectivity index (χ3n) is 2.17. The zero-order valence-electron chi connectivity index (χ0n) is 7.80. The maximum atomic E-state index is 11.5. The highest BCUT2D eigenvalue weighted by Gasteiger charge is 2.23. The average molecular weight is 208 g/mol. The minimum Gasteiger partial charge on any atom is -0.321 e. The number of fused-ring (bicyclic) bond motifs is 1. The first-order chi connectivity index (χ1) is 6.72. The smallest absolute Gasteiger partial charge is 0.256 e. The Morgan fingerprint density at radius 1 is 1.50 bits per heavy atom. The van der Waals surface area contributed by atoms with Gasteiger partial charge in [-0.1, -0.05) is 30.7 Å². The van der Waals surface area contributed by atoms with Crippen LogP contribution in [-0.4, -0.2) is 5.91 Å². The van der Waals surface area contributed by atoms with Crippen LogP contribution in [0.3, 0.4) is 0 Å². The van der Waals surface area contributed by atoms with Gasteiger partial charge in [0, 0.05) is 16.2 Å². The van der Waals surface area contributed by atoms with Crippen LogP contribution < -0.4 is 5.32 Å². The summed E-state index contributed by atoms with van der Waals surface area (Å²) in [6, 6.07) is 5.44. The minimum absolute atomic E-state index is 0.0379. The Kier molecular flexibility index (Phi) is 2.30. The lowest BCUT2D eigenvalue weighted by atomic mass is 10.1. The quantitative estimate of drug-likeness (QED) is 0.705. The van der Waals surface area contributed by atoms with Gasteiger partial charge in [-0.05, 0) is 18.6 Å². The van der Waals surface area contributed by atoms with Crippen LogP contribution in [0, 0.1) is 0 Å². The van der Waals surface area contributed by atoms with Crippen molar-refractivity contribution in [3.05, 3.63) is 34.9 Å². The molecule has 2 rings (SSSR count). The van der Waals surface area contributed by atoms with E-state index in [1.54, 1.807) is 12.1 Å². The molecule has 0 radical (unpaired) electrons. The zero-order chi connectivity index (χ0) is 10.1. The van der Waals surface area contributed by atoms with E-state index in [-0.39, 0.29) is 5.91 Å². The van der Waals surface area contributed by atoms with Crippen molar-refractivity contribution in [1.29, 1.82) is 0 Å². The Bertz CT molecular complexity index is 423. The minimum atomic E-state index is -0.0379. The second kappa shape index (κ2) is 3.46. The van der Waals surface area contributed by atoms with Gasteiger partial charge >= 0.3 is 0 Å². The van der Waals surface area contributed by atoms with E-state index in [4.69, 9.17) is 11.6 Å². The number of amides is 1. The predicted molar refractivity (Wildman–Crippen MR) is 58.3 cm³/mol. The first-order valence-corrected chi connectivity index (χ1v) is 4.91. The molecule has 0 unspecified atom stereocenters. The number of carbonyl (C=O) groups is 1. The van der Waals surface area contributed by atoms with Gasteiger partial charge in [0.25, 0.3) is 5.91 Å². The highest BCUT2D eigenvalue weighted by molar-refractivity contribution is 6.34. The van der Waals surface area contributed by atoms with Crippen LogP contribution in [0.4, 0.5) is 5.69 Å². The first kappa shape index (κ1) is 9.28. The van der Waals surface area contributed by atoms with Gasteiger partial charge in [0.15, 0.2) is 0 Å². The molecule has 0 aliphatic carbocycles. The number of benzene rings is 1. The van der Waals surface area contributed by atoms with Gasteiger partial charge in [0.05, 0.1) is 5.69 Å². The second-order valence-electron chi connectivity index (χ2n) is 3.17. The predicted octanol–water partition coefficient (Wildman–Crippen LogP) is 3.09. The molecule has 0 aromatic heterocycles. The van der Waals surface area contributed by atoms with Crippen molar-refractivity contribution in [2.24, 2.45) is 0 Å². The molecule has 0 fully saturated rings. The van der Waals surface area contributed by atoms with E-state index in [1.807, 2.05) is 19.1 Å². The molecule has 14 heavy (non-hydrogen) atoms. The Labute approximate surface area is 87.6 Å². The molecule has 1 amide bonds. The zero-order valence-corrected chi connectivity index (χ0v) is 8.56. The number of halogens is 1. The number of rotatable bonds is 1. The van der Waals surface area contributed by atoms with Crippen molar-refractivity contribution < 1.29 is 4.79 Å². The van der Waals surface area contributed by atoms with Gasteiger partial charge in [-0.15, -0.1) is 0 Å². The summed E-state index contributed by atoms with van der Waals surface area (Å²) < 4.78 is 0. The van der Waals surface area contributed by atoms with Crippen LogP contribution in [0.2, 0.25) is 5.02 Å². The van der Waals surface area contributed by atoms with Crippen LogP contribution in [-0.2, 0) is 4.79 Å². The van der Waals surface area contributed by atoms with Crippen LogP contribution in [0.15, 0.2) is 24.3 Å². The van der Waals surface area contributed by atoms with Gasteiger partial charge in [-0.3, -0.25) is 4.79 Å². The van der Waals surface area contributed by atoms with E-state index in [9.17, 15) is 4.79 Å². The van der Waals surface area contributed by atoms with Crippen LogP contribution in [0.5, 0.6) is 0 Å². The Balaban J connectivity index is 2.53. The Morgan fingerprint density at radius 2 is 2.29 bits per heavy atom. The molecule has 2 nitrogen and oxygen atoms in total. The fourth-order valence-corrected chi connectivity index (χ4v) is 1.75. The summed E-state index contributed by atoms with van der Waals surface area (Å²) in [6.07, 6.45) is 2.78. The third kappa shape index (κ3) is 1.42. The molecule has 0 bridgehead atoms. The summed E-state index contributed by atoms with van der Waals surface area (Å²) in [5, 5.41) is 3.42. The van der Waals surface area contributed by atoms with E-state index in [0.717, 1.165) is 23.2 Å². The number of carbonyl (C=O) groups excluding carboxylic acids is 1. The molecule has 1 heterocycles. The Hall–Kier alpha value is -1.28. The normalized spacial score (nSPS) is 17.0. The number of hydrogen-bond acceptors (Lipinski definition) is 1. The molecule has 1 aromatic carbocycles. The topological polar surface area (TPSA) is 29.1 Å². The molecule has 3 heteroatoms. The summed E-state index contributed by atoms with van der Waals surface area (Å²) in [7, 11) is 0. The van der Waals surface area contributed by atoms with Crippen molar-refractivity contribution in [1.82, 2.24) is 0 Å². The maximum absolute atomic E-state index is 11.5. The van der Waals surface area contributed by atoms with Crippen LogP contribution in [0.25, 0.3) is 5.57 Å². The molecule has 1 aliphatic rings. The molecule has 72 valence electrons. The van der Waals surface area contributed by atoms with Crippen molar-refractivity contribution in [3.8, 4) is 0 Å². The van der Waals surface area contributed by atoms with E-state index < -0.39 is 0 Å². The standard InChI is InChI=1S/C11H10ClNO/c1-2-3-9-8-5-4-7(12)6-10(8)13-11(9)14/h3-6H,2H2,1H3,(H,13,14)/b9-3+. The fraction of sp³-hybridized carbons (Fsp3) is 0.182. The second-order valence-corrected chi connectivity index (χ2v) is 3.61. The number of anilines is 1. The van der Waals surface area contributed by atoms with Gasteiger partial charge in [-0.2, -0.15) is 0 Å². The van der Waals surface area contributed by atoms with E-state index in [2.05, 4.69) is 5.32 Å². The summed E-state index contributed by atoms with van der Waals surface area (Å²) in [6.45, 7) is 2.01. The average Bonchev–Trinajstić information content (AvgIpc) is 2.43. The lowest BCUT2D eigenvalue weighted by Crippen LogP contribution is -2.03. The molecule has 0 spiro atoms. The van der Waals surface area contributed by atoms with Crippen molar-refractivity contribution in [2.45, 2.75) is 13.3 Å². The highest BCUT2D eigenvalue weighted by atomic mass is 35.5. The summed E-state index contributed by atoms with van der Waals surface area (Å²) in [5.74, 6) is -0.0379. The molecular weight excluding hydrogens is 198 g/mol. The van der Waals surface area contributed by atoms with Gasteiger partial charge in [-0.25, -0.2) is 0 Å². The highest BCUT2D eigenvalue weighted by Crippen LogP contribution is 2.33. The summed E-state index contributed by atoms with van der Waals surface area (Å²) in [5.41, 5.74) is 2.50. The monoisotopic (exact) mass is 207 g/mol. The molecule has 1 aliphatic heterocycles. The van der Waals surface area contributed by atoms with E-state index >= 15 is 0 Å². The molecule has 0 atom stereocenters. The molecule has 0 saturated heterocycles. The number of allylic oxidation sites excluding steroid dienone is 1. The van der Waals surface area contributed by atoms with Crippen molar-refractivity contribution in [2.75, 3.05) is 5.32 Å². The molecule has 0 saturated carbocycles. The summed E-state index contributed by atoms with van der Waals surface area (Å²) in [4.78, 5) is 11.5. The van der Waals surface area contributed by atoms with Gasteiger partial charge in [0.2, 0.25) is 0 Å². The molecule has 1 N–H and O–H groups in total. The summed E-state index contributed by atoms with van der Waals surface area (Å²) >= 11 is 5.83. The lowest BCUT2D eigenvalue weighted by molar-refractivity contribution is -0.110. The maximum Gasteiger partial charge on any atom is 0.256 e. The van der Waals surface area contributed by atoms with Crippen LogP contribution >= 0.6 is 11.6 Å². The third-order valence-corrected chi connectivity index (χ3v) is 2.41. The van der Waals surface area contributed by atoms with Crippen LogP contribution in [0.1, 0.15) is 18.9 Å². The molecular formula is C11H10ClNO. The van der Waals surface area contributed by atoms with E-state index in [0.29, 0.717) is 5.02 Å². The van der Waals surface area contributed by atoms with E-state index in [1.165, 1.54) is 0 Å².